The molecule has 3 rings (SSSR count). The van der Waals surface area contributed by atoms with Crippen LogP contribution in [-0.4, -0.2) is 43.7 Å². The molecule has 2 aromatic rings. The highest BCUT2D eigenvalue weighted by molar-refractivity contribution is 6.30. The molecule has 2 N–H and O–H groups in total. The first-order valence-corrected chi connectivity index (χ1v) is 10.5. The van der Waals surface area contributed by atoms with Crippen molar-refractivity contribution in [2.75, 3.05) is 37.6 Å². The summed E-state index contributed by atoms with van der Waals surface area (Å²) >= 11 is 6.19. The first-order valence-electron chi connectivity index (χ1n) is 10.1. The number of halogens is 1. The zero-order valence-corrected chi connectivity index (χ0v) is 17.5. The Balaban J connectivity index is 1.51. The molecule has 0 spiro atoms. The molecule has 2 heterocycles. The predicted octanol–water partition coefficient (Wildman–Crippen LogP) is 3.67. The molecule has 0 aliphatic carbocycles. The van der Waals surface area contributed by atoms with E-state index < -0.39 is 0 Å². The van der Waals surface area contributed by atoms with Crippen LogP contribution in [0, 0.1) is 12.8 Å². The van der Waals surface area contributed by atoms with Crippen LogP contribution >= 0.6 is 11.6 Å². The number of hydrogen-bond donors (Lipinski definition) is 2. The summed E-state index contributed by atoms with van der Waals surface area (Å²) in [7, 11) is 0. The van der Waals surface area contributed by atoms with Gasteiger partial charge in [0.1, 0.15) is 0 Å². The third-order valence-corrected chi connectivity index (χ3v) is 5.28. The van der Waals surface area contributed by atoms with E-state index in [0.29, 0.717) is 5.92 Å². The average molecular weight is 400 g/mol. The van der Waals surface area contributed by atoms with E-state index in [2.05, 4.69) is 52.6 Å². The summed E-state index contributed by atoms with van der Waals surface area (Å²) in [5.74, 6) is 1.44. The quantitative estimate of drug-likeness (QED) is 0.551. The molecule has 1 aliphatic heterocycles. The van der Waals surface area contributed by atoms with Crippen LogP contribution < -0.4 is 15.5 Å². The molecule has 1 aliphatic rings. The number of aliphatic imine (C=N–C) groups is 1. The largest absolute Gasteiger partial charge is 0.371 e. The Morgan fingerprint density at radius 1 is 1.29 bits per heavy atom. The van der Waals surface area contributed by atoms with Crippen LogP contribution in [0.15, 0.2) is 47.6 Å². The highest BCUT2D eigenvalue weighted by Gasteiger charge is 2.23. The van der Waals surface area contributed by atoms with E-state index in [1.54, 1.807) is 0 Å². The van der Waals surface area contributed by atoms with Gasteiger partial charge in [-0.25, -0.2) is 0 Å². The minimum Gasteiger partial charge on any atom is -0.371 e. The van der Waals surface area contributed by atoms with Gasteiger partial charge >= 0.3 is 0 Å². The number of hydrogen-bond acceptors (Lipinski definition) is 3. The third kappa shape index (κ3) is 5.86. The average Bonchev–Trinajstić information content (AvgIpc) is 3.17. The molecule has 0 radical (unpaired) electrons. The summed E-state index contributed by atoms with van der Waals surface area (Å²) in [5, 5.41) is 7.56. The fourth-order valence-electron chi connectivity index (χ4n) is 3.54. The van der Waals surface area contributed by atoms with Gasteiger partial charge in [0.05, 0.1) is 0 Å². The van der Waals surface area contributed by atoms with Gasteiger partial charge in [0, 0.05) is 61.7 Å². The number of guanidine groups is 1. The number of anilines is 1. The number of benzene rings is 1. The Labute approximate surface area is 173 Å². The maximum atomic E-state index is 6.19. The third-order valence-electron chi connectivity index (χ3n) is 5.05. The molecular weight excluding hydrogens is 370 g/mol. The van der Waals surface area contributed by atoms with Crippen LogP contribution in [0.4, 0.5) is 5.69 Å². The van der Waals surface area contributed by atoms with Crippen molar-refractivity contribution in [2.24, 2.45) is 10.9 Å². The van der Waals surface area contributed by atoms with E-state index >= 15 is 0 Å². The van der Waals surface area contributed by atoms with Crippen LogP contribution in [-0.2, 0) is 6.42 Å². The van der Waals surface area contributed by atoms with Crippen LogP contribution in [0.1, 0.15) is 24.6 Å². The summed E-state index contributed by atoms with van der Waals surface area (Å²) in [6, 6.07) is 12.1. The molecular formula is C22H30ClN5. The van der Waals surface area contributed by atoms with E-state index in [-0.39, 0.29) is 0 Å². The fraction of sp³-hybridized carbons (Fsp3) is 0.455. The van der Waals surface area contributed by atoms with Gasteiger partial charge in [0.2, 0.25) is 0 Å². The first-order chi connectivity index (χ1) is 13.7. The minimum atomic E-state index is 0.560. The number of nitrogens with zero attached hydrogens (tertiary/aromatic N) is 3. The SMILES string of the molecule is CCNC(=NCC1CCN(c2cc(Cl)ccc2C)C1)NCCc1ccccn1. The Hall–Kier alpha value is -2.27. The topological polar surface area (TPSA) is 52.6 Å². The number of nitrogens with one attached hydrogen (secondary N) is 2. The summed E-state index contributed by atoms with van der Waals surface area (Å²) in [4.78, 5) is 11.6. The fourth-order valence-corrected chi connectivity index (χ4v) is 3.71. The molecule has 0 saturated carbocycles. The van der Waals surface area contributed by atoms with Crippen LogP contribution in [0.25, 0.3) is 0 Å². The highest BCUT2D eigenvalue weighted by atomic mass is 35.5. The molecule has 28 heavy (non-hydrogen) atoms. The van der Waals surface area contributed by atoms with E-state index in [0.717, 1.165) is 62.2 Å². The second-order valence-electron chi connectivity index (χ2n) is 7.25. The molecule has 1 fully saturated rings. The second kappa shape index (κ2) is 10.3. The van der Waals surface area contributed by atoms with Gasteiger partial charge < -0.3 is 15.5 Å². The Bertz CT molecular complexity index is 778. The molecule has 5 nitrogen and oxygen atoms in total. The lowest BCUT2D eigenvalue weighted by Crippen LogP contribution is -2.38. The maximum absolute atomic E-state index is 6.19. The zero-order chi connectivity index (χ0) is 19.8. The van der Waals surface area contributed by atoms with Crippen molar-refractivity contribution >= 4 is 23.2 Å². The normalized spacial score (nSPS) is 17.0. The van der Waals surface area contributed by atoms with E-state index in [9.17, 15) is 0 Å². The number of pyridine rings is 1. The zero-order valence-electron chi connectivity index (χ0n) is 16.8. The molecule has 1 aromatic carbocycles. The van der Waals surface area contributed by atoms with E-state index in [1.165, 1.54) is 11.3 Å². The first kappa shape index (κ1) is 20.5. The molecule has 1 atom stereocenters. The lowest BCUT2D eigenvalue weighted by molar-refractivity contribution is 0.599. The van der Waals surface area contributed by atoms with Gasteiger partial charge in [-0.15, -0.1) is 0 Å². The van der Waals surface area contributed by atoms with Gasteiger partial charge in [-0.1, -0.05) is 23.7 Å². The highest BCUT2D eigenvalue weighted by Crippen LogP contribution is 2.29. The van der Waals surface area contributed by atoms with Crippen molar-refractivity contribution in [1.82, 2.24) is 15.6 Å². The Morgan fingerprint density at radius 3 is 2.96 bits per heavy atom. The van der Waals surface area contributed by atoms with Gasteiger partial charge in [-0.2, -0.15) is 0 Å². The van der Waals surface area contributed by atoms with E-state index in [4.69, 9.17) is 16.6 Å². The monoisotopic (exact) mass is 399 g/mol. The number of aryl methyl sites for hydroxylation is 1. The minimum absolute atomic E-state index is 0.560. The molecule has 1 unspecified atom stereocenters. The number of aromatic nitrogens is 1. The van der Waals surface area contributed by atoms with Gasteiger partial charge in [0.25, 0.3) is 0 Å². The van der Waals surface area contributed by atoms with E-state index in [1.807, 2.05) is 24.4 Å². The molecule has 1 aromatic heterocycles. The maximum Gasteiger partial charge on any atom is 0.191 e. The van der Waals surface area contributed by atoms with Crippen molar-refractivity contribution in [3.05, 3.63) is 58.9 Å². The van der Waals surface area contributed by atoms with Gasteiger partial charge in [0.15, 0.2) is 5.96 Å². The summed E-state index contributed by atoms with van der Waals surface area (Å²) in [6.45, 7) is 8.83. The Morgan fingerprint density at radius 2 is 2.18 bits per heavy atom. The van der Waals surface area contributed by atoms with Crippen molar-refractivity contribution < 1.29 is 0 Å². The molecule has 0 bridgehead atoms. The van der Waals surface area contributed by atoms with Crippen LogP contribution in [0.2, 0.25) is 5.02 Å². The second-order valence-corrected chi connectivity index (χ2v) is 7.69. The molecule has 1 saturated heterocycles. The molecule has 0 amide bonds. The summed E-state index contributed by atoms with van der Waals surface area (Å²) < 4.78 is 0. The van der Waals surface area contributed by atoms with Crippen molar-refractivity contribution in [3.63, 3.8) is 0 Å². The molecule has 6 heteroatoms. The standard InChI is InChI=1S/C22H30ClN5/c1-3-24-22(26-12-9-20-6-4-5-11-25-20)27-15-18-10-13-28(16-18)21-14-19(23)8-7-17(21)2/h4-8,11,14,18H,3,9-10,12-13,15-16H2,1-2H3,(H2,24,26,27). The summed E-state index contributed by atoms with van der Waals surface area (Å²) in [6.07, 6.45) is 3.88. The molecule has 150 valence electrons. The lowest BCUT2D eigenvalue weighted by atomic mass is 10.1. The Kier molecular flexibility index (Phi) is 7.54. The van der Waals surface area contributed by atoms with Crippen molar-refractivity contribution in [1.29, 1.82) is 0 Å². The van der Waals surface area contributed by atoms with Gasteiger partial charge in [-0.05, 0) is 56.0 Å². The van der Waals surface area contributed by atoms with Gasteiger partial charge in [-0.3, -0.25) is 9.98 Å². The van der Waals surface area contributed by atoms with Crippen LogP contribution in [0.5, 0.6) is 0 Å². The lowest BCUT2D eigenvalue weighted by Gasteiger charge is -2.21. The smallest absolute Gasteiger partial charge is 0.191 e. The summed E-state index contributed by atoms with van der Waals surface area (Å²) in [5.41, 5.74) is 3.62. The predicted molar refractivity (Wildman–Crippen MR) is 118 cm³/mol. The van der Waals surface area contributed by atoms with Crippen LogP contribution in [0.3, 0.4) is 0 Å². The van der Waals surface area contributed by atoms with Crippen molar-refractivity contribution in [3.8, 4) is 0 Å². The number of rotatable bonds is 7. The van der Waals surface area contributed by atoms with Crippen molar-refractivity contribution in [2.45, 2.75) is 26.7 Å².